The third kappa shape index (κ3) is 5.24. The summed E-state index contributed by atoms with van der Waals surface area (Å²) in [5.41, 5.74) is 4.00. The Hall–Kier alpha value is -3.22. The van der Waals surface area contributed by atoms with Crippen molar-refractivity contribution < 1.29 is 14.5 Å². The van der Waals surface area contributed by atoms with Gasteiger partial charge in [-0.15, -0.1) is 0 Å². The highest BCUT2D eigenvalue weighted by Crippen LogP contribution is 2.12. The number of non-ortho nitro benzene ring substituents is 1. The van der Waals surface area contributed by atoms with Crippen LogP contribution < -0.4 is 10.2 Å². The average Bonchev–Trinajstić information content (AvgIpc) is 2.53. The van der Waals surface area contributed by atoms with Crippen LogP contribution in [0.15, 0.2) is 53.6 Å². The lowest BCUT2D eigenvalue weighted by atomic mass is 10.2. The van der Waals surface area contributed by atoms with Gasteiger partial charge in [-0.1, -0.05) is 12.1 Å². The number of hydrazone groups is 1. The van der Waals surface area contributed by atoms with E-state index >= 15 is 0 Å². The number of nitrogens with zero attached hydrogens (tertiary/aromatic N) is 2. The molecular formula is C16H15N3O4. The molecule has 118 valence electrons. The highest BCUT2D eigenvalue weighted by atomic mass is 16.6. The van der Waals surface area contributed by atoms with Gasteiger partial charge in [0.15, 0.2) is 6.61 Å². The second kappa shape index (κ2) is 7.69. The van der Waals surface area contributed by atoms with Crippen LogP contribution in [0.4, 0.5) is 5.69 Å². The molecule has 0 bridgehead atoms. The number of hydrogen-bond donors (Lipinski definition) is 1. The van der Waals surface area contributed by atoms with E-state index in [1.54, 1.807) is 6.07 Å². The minimum absolute atomic E-state index is 0.00209. The van der Waals surface area contributed by atoms with Gasteiger partial charge in [-0.3, -0.25) is 14.9 Å². The van der Waals surface area contributed by atoms with Gasteiger partial charge in [0.05, 0.1) is 11.1 Å². The number of carbonyl (C=O) groups is 1. The number of nitro benzene ring substituents is 1. The first-order valence-corrected chi connectivity index (χ1v) is 6.80. The van der Waals surface area contributed by atoms with Gasteiger partial charge in [0, 0.05) is 12.1 Å². The number of nitrogens with one attached hydrogen (secondary N) is 1. The Kier molecular flexibility index (Phi) is 5.40. The lowest BCUT2D eigenvalue weighted by Gasteiger charge is -2.05. The largest absolute Gasteiger partial charge is 0.484 e. The van der Waals surface area contributed by atoms with Crippen LogP contribution in [-0.2, 0) is 4.79 Å². The van der Waals surface area contributed by atoms with Crippen LogP contribution in [0.1, 0.15) is 11.1 Å². The molecule has 0 aromatic heterocycles. The topological polar surface area (TPSA) is 93.8 Å². The Bertz CT molecular complexity index is 726. The lowest BCUT2D eigenvalue weighted by molar-refractivity contribution is -0.384. The van der Waals surface area contributed by atoms with E-state index in [-0.39, 0.29) is 12.3 Å². The van der Waals surface area contributed by atoms with Gasteiger partial charge in [0.25, 0.3) is 11.6 Å². The van der Waals surface area contributed by atoms with Crippen LogP contribution >= 0.6 is 0 Å². The van der Waals surface area contributed by atoms with Crippen molar-refractivity contribution in [2.45, 2.75) is 6.92 Å². The van der Waals surface area contributed by atoms with E-state index in [0.717, 1.165) is 5.56 Å². The molecule has 7 nitrogen and oxygen atoms in total. The number of nitro groups is 1. The number of rotatable bonds is 6. The molecule has 0 unspecified atom stereocenters. The number of aryl methyl sites for hydroxylation is 1. The third-order valence-electron chi connectivity index (χ3n) is 2.87. The molecule has 0 aliphatic heterocycles. The maximum Gasteiger partial charge on any atom is 0.277 e. The fourth-order valence-electron chi connectivity index (χ4n) is 1.75. The molecule has 0 radical (unpaired) electrons. The summed E-state index contributed by atoms with van der Waals surface area (Å²) < 4.78 is 5.33. The predicted octanol–water partition coefficient (Wildman–Crippen LogP) is 2.43. The molecule has 2 aromatic carbocycles. The Morgan fingerprint density at radius 3 is 2.70 bits per heavy atom. The minimum Gasteiger partial charge on any atom is -0.484 e. The SMILES string of the molecule is Cc1cccc(OCC(=O)N/N=C\c2ccc([N+](=O)[O-])cc2)c1. The molecule has 7 heteroatoms. The average molecular weight is 313 g/mol. The first-order chi connectivity index (χ1) is 11.0. The maximum atomic E-state index is 11.6. The molecule has 0 fully saturated rings. The van der Waals surface area contributed by atoms with Crippen molar-refractivity contribution in [3.05, 3.63) is 69.8 Å². The first-order valence-electron chi connectivity index (χ1n) is 6.80. The van der Waals surface area contributed by atoms with E-state index in [1.807, 2.05) is 25.1 Å². The van der Waals surface area contributed by atoms with E-state index in [4.69, 9.17) is 4.74 Å². The maximum absolute atomic E-state index is 11.6. The van der Waals surface area contributed by atoms with E-state index < -0.39 is 10.8 Å². The zero-order valence-corrected chi connectivity index (χ0v) is 12.4. The quantitative estimate of drug-likeness (QED) is 0.503. The second-order valence-corrected chi connectivity index (χ2v) is 4.75. The van der Waals surface area contributed by atoms with Crippen molar-refractivity contribution in [1.29, 1.82) is 0 Å². The number of carbonyl (C=O) groups excluding carboxylic acids is 1. The highest BCUT2D eigenvalue weighted by Gasteiger charge is 2.03. The molecule has 0 heterocycles. The van der Waals surface area contributed by atoms with Crippen molar-refractivity contribution in [2.75, 3.05) is 6.61 Å². The summed E-state index contributed by atoms with van der Waals surface area (Å²) in [6.07, 6.45) is 1.40. The Balaban J connectivity index is 1.80. The van der Waals surface area contributed by atoms with E-state index in [0.29, 0.717) is 11.3 Å². The van der Waals surface area contributed by atoms with E-state index in [9.17, 15) is 14.9 Å². The van der Waals surface area contributed by atoms with Gasteiger partial charge in [-0.25, -0.2) is 5.43 Å². The van der Waals surface area contributed by atoms with E-state index in [2.05, 4.69) is 10.5 Å². The van der Waals surface area contributed by atoms with Crippen molar-refractivity contribution in [3.63, 3.8) is 0 Å². The Morgan fingerprint density at radius 1 is 1.30 bits per heavy atom. The molecule has 0 spiro atoms. The zero-order valence-electron chi connectivity index (χ0n) is 12.4. The van der Waals surface area contributed by atoms with Crippen LogP contribution in [0.3, 0.4) is 0 Å². The third-order valence-corrected chi connectivity index (χ3v) is 2.87. The molecule has 0 aliphatic carbocycles. The molecule has 0 atom stereocenters. The summed E-state index contributed by atoms with van der Waals surface area (Å²) in [6.45, 7) is 1.78. The molecule has 2 aromatic rings. The van der Waals surface area contributed by atoms with Crippen LogP contribution in [0.2, 0.25) is 0 Å². The van der Waals surface area contributed by atoms with Crippen molar-refractivity contribution in [1.82, 2.24) is 5.43 Å². The molecule has 0 saturated heterocycles. The standard InChI is InChI=1S/C16H15N3O4/c1-12-3-2-4-15(9-12)23-11-16(20)18-17-10-13-5-7-14(8-6-13)19(21)22/h2-10H,11H2,1H3,(H,18,20)/b17-10-. The normalized spacial score (nSPS) is 10.5. The van der Waals surface area contributed by atoms with Gasteiger partial charge >= 0.3 is 0 Å². The van der Waals surface area contributed by atoms with Crippen molar-refractivity contribution in [2.24, 2.45) is 5.10 Å². The molecule has 2 rings (SSSR count). The van der Waals surface area contributed by atoms with E-state index in [1.165, 1.54) is 30.5 Å². The summed E-state index contributed by atoms with van der Waals surface area (Å²) in [6, 6.07) is 13.2. The van der Waals surface area contributed by atoms with Crippen LogP contribution in [-0.4, -0.2) is 23.7 Å². The molecule has 0 aliphatic rings. The van der Waals surface area contributed by atoms with Crippen molar-refractivity contribution in [3.8, 4) is 5.75 Å². The van der Waals surface area contributed by atoms with Gasteiger partial charge in [-0.05, 0) is 42.3 Å². The fraction of sp³-hybridized carbons (Fsp3) is 0.125. The summed E-state index contributed by atoms with van der Waals surface area (Å²) in [7, 11) is 0. The van der Waals surface area contributed by atoms with Gasteiger partial charge < -0.3 is 4.74 Å². The Labute approximate surface area is 132 Å². The fourth-order valence-corrected chi connectivity index (χ4v) is 1.75. The first kappa shape index (κ1) is 16.2. The minimum atomic E-state index is -0.481. The van der Waals surface area contributed by atoms with Gasteiger partial charge in [0.2, 0.25) is 0 Å². The van der Waals surface area contributed by atoms with Gasteiger partial charge in [0.1, 0.15) is 5.75 Å². The smallest absolute Gasteiger partial charge is 0.277 e. The second-order valence-electron chi connectivity index (χ2n) is 4.75. The van der Waals surface area contributed by atoms with Crippen molar-refractivity contribution >= 4 is 17.8 Å². The number of amides is 1. The van der Waals surface area contributed by atoms with Crippen LogP contribution in [0, 0.1) is 17.0 Å². The number of ether oxygens (including phenoxy) is 1. The van der Waals surface area contributed by atoms with Crippen LogP contribution in [0.5, 0.6) is 5.75 Å². The lowest BCUT2D eigenvalue weighted by Crippen LogP contribution is -2.24. The molecule has 1 N–H and O–H groups in total. The predicted molar refractivity (Wildman–Crippen MR) is 85.5 cm³/mol. The van der Waals surface area contributed by atoms with Crippen LogP contribution in [0.25, 0.3) is 0 Å². The zero-order chi connectivity index (χ0) is 16.7. The summed E-state index contributed by atoms with van der Waals surface area (Å²) in [5.74, 6) is 0.212. The van der Waals surface area contributed by atoms with Gasteiger partial charge in [-0.2, -0.15) is 5.10 Å². The summed E-state index contributed by atoms with van der Waals surface area (Å²) >= 11 is 0. The number of benzene rings is 2. The highest BCUT2D eigenvalue weighted by molar-refractivity contribution is 5.83. The number of hydrogen-bond acceptors (Lipinski definition) is 5. The Morgan fingerprint density at radius 2 is 2.04 bits per heavy atom. The molecule has 23 heavy (non-hydrogen) atoms. The monoisotopic (exact) mass is 313 g/mol. The summed E-state index contributed by atoms with van der Waals surface area (Å²) in [4.78, 5) is 21.6. The summed E-state index contributed by atoms with van der Waals surface area (Å²) in [5, 5.41) is 14.3. The molecular weight excluding hydrogens is 298 g/mol. The molecule has 1 amide bonds. The molecule has 0 saturated carbocycles.